The predicted octanol–water partition coefficient (Wildman–Crippen LogP) is 3.64. The second-order valence-corrected chi connectivity index (χ2v) is 10.5. The third kappa shape index (κ3) is 3.13. The molecule has 1 aliphatic carbocycles. The molecule has 4 aliphatic heterocycles. The van der Waals surface area contributed by atoms with Crippen molar-refractivity contribution in [3.05, 3.63) is 99.0 Å². The van der Waals surface area contributed by atoms with Crippen LogP contribution in [0, 0.1) is 5.92 Å². The minimum Gasteiger partial charge on any atom is -0.502 e. The Labute approximate surface area is 206 Å². The first-order valence-corrected chi connectivity index (χ1v) is 12.7. The number of carbonyl (C=O) groups excluding carboxylic acids is 1. The van der Waals surface area contributed by atoms with E-state index in [0.29, 0.717) is 19.8 Å². The molecule has 35 heavy (non-hydrogen) atoms. The van der Waals surface area contributed by atoms with Gasteiger partial charge >= 0.3 is 0 Å². The molecule has 0 radical (unpaired) electrons. The topological polar surface area (TPSA) is 75.0 Å². The lowest BCUT2D eigenvalue weighted by Crippen LogP contribution is -2.56. The van der Waals surface area contributed by atoms with Gasteiger partial charge in [0, 0.05) is 35.0 Å². The summed E-state index contributed by atoms with van der Waals surface area (Å²) in [5.74, 6) is 1.01. The predicted molar refractivity (Wildman–Crippen MR) is 132 cm³/mol. The van der Waals surface area contributed by atoms with Crippen molar-refractivity contribution in [2.75, 3.05) is 24.8 Å². The maximum atomic E-state index is 13.5. The van der Waals surface area contributed by atoms with Gasteiger partial charge in [-0.05, 0) is 41.2 Å². The second-order valence-electron chi connectivity index (χ2n) is 9.47. The van der Waals surface area contributed by atoms with Gasteiger partial charge in [0.1, 0.15) is 25.1 Å². The summed E-state index contributed by atoms with van der Waals surface area (Å²) < 4.78 is 8.09. The molecule has 2 atom stereocenters. The Kier molecular flexibility index (Phi) is 4.54. The average molecular weight is 486 g/mol. The minimum absolute atomic E-state index is 0.0127. The number of thioether (sulfide) groups is 1. The van der Waals surface area contributed by atoms with Crippen molar-refractivity contribution in [1.82, 2.24) is 9.58 Å². The van der Waals surface area contributed by atoms with E-state index in [-0.39, 0.29) is 23.6 Å². The van der Waals surface area contributed by atoms with Crippen LogP contribution in [0.15, 0.2) is 76.1 Å². The molecule has 0 saturated carbocycles. The van der Waals surface area contributed by atoms with E-state index in [1.807, 2.05) is 24.3 Å². The standard InChI is InChI=1S/C27H23N3O4S/c31-20-8-9-29-25(26(20)32)27(33)28-12-16-10-17(11-16)13-34-21-6-3-4-18-14-35-22-7-2-1-5-19(22)24(23(18)21)30(29)15-28/h1-10,16,24,32H,11-15H2/t16-,24+/m0/s1. The van der Waals surface area contributed by atoms with Crippen LogP contribution in [0.25, 0.3) is 0 Å². The molecular formula is C27H23N3O4S. The third-order valence-electron chi connectivity index (χ3n) is 7.32. The Morgan fingerprint density at radius 2 is 1.91 bits per heavy atom. The van der Waals surface area contributed by atoms with E-state index in [1.54, 1.807) is 27.5 Å². The van der Waals surface area contributed by atoms with E-state index < -0.39 is 11.2 Å². The van der Waals surface area contributed by atoms with E-state index >= 15 is 0 Å². The van der Waals surface area contributed by atoms with Crippen LogP contribution in [0.3, 0.4) is 0 Å². The summed E-state index contributed by atoms with van der Waals surface area (Å²) in [7, 11) is 0. The zero-order valence-corrected chi connectivity index (χ0v) is 19.7. The maximum absolute atomic E-state index is 13.5. The number of rotatable bonds is 0. The van der Waals surface area contributed by atoms with Gasteiger partial charge in [0.25, 0.3) is 5.91 Å². The van der Waals surface area contributed by atoms with Crippen LogP contribution in [0.5, 0.6) is 11.5 Å². The molecule has 1 amide bonds. The molecule has 0 saturated heterocycles. The Morgan fingerprint density at radius 3 is 2.80 bits per heavy atom. The number of aromatic nitrogens is 1. The van der Waals surface area contributed by atoms with Crippen molar-refractivity contribution in [3.8, 4) is 11.5 Å². The van der Waals surface area contributed by atoms with Gasteiger partial charge < -0.3 is 14.7 Å². The highest BCUT2D eigenvalue weighted by molar-refractivity contribution is 7.98. The molecule has 4 bridgehead atoms. The fraction of sp³-hybridized carbons (Fsp3) is 0.259. The zero-order chi connectivity index (χ0) is 23.7. The Balaban J connectivity index is 1.53. The van der Waals surface area contributed by atoms with Crippen molar-refractivity contribution in [2.24, 2.45) is 5.92 Å². The number of hydrogen-bond acceptors (Lipinski definition) is 6. The number of pyridine rings is 1. The fourth-order valence-corrected chi connectivity index (χ4v) is 6.74. The molecule has 0 unspecified atom stereocenters. The highest BCUT2D eigenvalue weighted by Crippen LogP contribution is 2.46. The maximum Gasteiger partial charge on any atom is 0.277 e. The van der Waals surface area contributed by atoms with Crippen LogP contribution >= 0.6 is 11.8 Å². The number of amides is 1. The number of ether oxygens (including phenoxy) is 1. The van der Waals surface area contributed by atoms with Gasteiger partial charge in [-0.15, -0.1) is 11.8 Å². The van der Waals surface area contributed by atoms with E-state index in [1.165, 1.54) is 17.2 Å². The number of nitrogens with zero attached hydrogens (tertiary/aromatic N) is 3. The van der Waals surface area contributed by atoms with Crippen molar-refractivity contribution < 1.29 is 14.6 Å². The average Bonchev–Trinajstić information content (AvgIpc) is 3.00. The van der Waals surface area contributed by atoms with Crippen molar-refractivity contribution in [1.29, 1.82) is 0 Å². The smallest absolute Gasteiger partial charge is 0.277 e. The zero-order valence-electron chi connectivity index (χ0n) is 18.9. The Bertz CT molecular complexity index is 1480. The lowest BCUT2D eigenvalue weighted by atomic mass is 9.86. The second kappa shape index (κ2) is 7.68. The number of fused-ring (bicyclic) bond motifs is 3. The van der Waals surface area contributed by atoms with Crippen LogP contribution in [0.4, 0.5) is 0 Å². The summed E-state index contributed by atoms with van der Waals surface area (Å²) >= 11 is 1.78. The summed E-state index contributed by atoms with van der Waals surface area (Å²) in [6.07, 6.45) is 4.65. The fourth-order valence-electron chi connectivity index (χ4n) is 5.66. The first-order chi connectivity index (χ1) is 17.1. The molecule has 176 valence electrons. The summed E-state index contributed by atoms with van der Waals surface area (Å²) in [4.78, 5) is 28.9. The summed E-state index contributed by atoms with van der Waals surface area (Å²) in [6, 6.07) is 15.5. The minimum atomic E-state index is -0.556. The molecule has 3 aromatic rings. The van der Waals surface area contributed by atoms with Gasteiger partial charge in [-0.2, -0.15) is 0 Å². The molecule has 8 heteroatoms. The van der Waals surface area contributed by atoms with E-state index in [0.717, 1.165) is 33.9 Å². The van der Waals surface area contributed by atoms with Gasteiger partial charge in [0.2, 0.25) is 5.43 Å². The first kappa shape index (κ1) is 20.7. The molecule has 0 fully saturated rings. The molecule has 0 spiro atoms. The van der Waals surface area contributed by atoms with Gasteiger partial charge in [-0.25, -0.2) is 0 Å². The van der Waals surface area contributed by atoms with E-state index in [9.17, 15) is 14.7 Å². The number of benzene rings is 2. The van der Waals surface area contributed by atoms with Gasteiger partial charge in [0.15, 0.2) is 11.4 Å². The first-order valence-electron chi connectivity index (χ1n) is 11.7. The van der Waals surface area contributed by atoms with Crippen molar-refractivity contribution in [2.45, 2.75) is 23.1 Å². The highest BCUT2D eigenvalue weighted by atomic mass is 32.2. The molecule has 1 N–H and O–H groups in total. The van der Waals surface area contributed by atoms with Gasteiger partial charge in [0.05, 0.1) is 0 Å². The van der Waals surface area contributed by atoms with E-state index in [2.05, 4.69) is 29.3 Å². The number of carbonyl (C=O) groups is 1. The molecule has 5 heterocycles. The Hall–Kier alpha value is -3.65. The van der Waals surface area contributed by atoms with Gasteiger partial charge in [-0.3, -0.25) is 19.3 Å². The lowest BCUT2D eigenvalue weighted by Gasteiger charge is -2.46. The third-order valence-corrected chi connectivity index (χ3v) is 8.46. The largest absolute Gasteiger partial charge is 0.502 e. The van der Waals surface area contributed by atoms with Crippen molar-refractivity contribution >= 4 is 17.7 Å². The van der Waals surface area contributed by atoms with Crippen molar-refractivity contribution in [3.63, 3.8) is 0 Å². The molecule has 7 nitrogen and oxygen atoms in total. The molecule has 5 aliphatic rings. The monoisotopic (exact) mass is 485 g/mol. The van der Waals surface area contributed by atoms with Gasteiger partial charge in [-0.1, -0.05) is 36.4 Å². The number of hydrogen-bond donors (Lipinski definition) is 1. The summed E-state index contributed by atoms with van der Waals surface area (Å²) in [5.41, 5.74) is 4.02. The number of aromatic hydroxyl groups is 1. The van der Waals surface area contributed by atoms with Crippen LogP contribution in [-0.2, 0) is 5.75 Å². The quantitative estimate of drug-likeness (QED) is 0.490. The molecule has 8 rings (SSSR count). The lowest BCUT2D eigenvalue weighted by molar-refractivity contribution is 0.0652. The molecular weight excluding hydrogens is 462 g/mol. The van der Waals surface area contributed by atoms with Crippen LogP contribution < -0.4 is 15.2 Å². The Morgan fingerprint density at radius 1 is 1.06 bits per heavy atom. The van der Waals surface area contributed by atoms with E-state index in [4.69, 9.17) is 4.74 Å². The summed E-state index contributed by atoms with van der Waals surface area (Å²) in [5, 5.41) is 12.8. The van der Waals surface area contributed by atoms with Crippen LogP contribution in [0.1, 0.15) is 39.6 Å². The normalized spacial score (nSPS) is 22.2. The SMILES string of the molecule is O=C1c2c(O)c(=O)ccn2N2CN1C[C@H]1C=C(COc3cccc4c3[C@H]2c2ccccc2SC4)C1. The van der Waals surface area contributed by atoms with Crippen LogP contribution in [-0.4, -0.2) is 40.4 Å². The highest BCUT2D eigenvalue weighted by Gasteiger charge is 2.41. The summed E-state index contributed by atoms with van der Waals surface area (Å²) in [6.45, 7) is 1.39. The molecule has 2 aromatic carbocycles. The molecule has 1 aromatic heterocycles. The van der Waals surface area contributed by atoms with Crippen LogP contribution in [0.2, 0.25) is 0 Å².